The molecule has 0 saturated carbocycles. The number of allylic oxidation sites excluding steroid dienone is 5. The van der Waals surface area contributed by atoms with Crippen molar-refractivity contribution in [2.75, 3.05) is 49.6 Å². The molecule has 39 heteroatoms. The summed E-state index contributed by atoms with van der Waals surface area (Å²) in [7, 11) is -25.2. The normalized spacial score (nSPS) is 14.2. The predicted molar refractivity (Wildman–Crippen MR) is 355 cm³/mol. The summed E-state index contributed by atoms with van der Waals surface area (Å²) in [5, 5.41) is 38.5. The quantitative estimate of drug-likeness (QED) is 0.0128. The Bertz CT molecular complexity index is 5080. The lowest BCUT2D eigenvalue weighted by Gasteiger charge is -2.20. The van der Waals surface area contributed by atoms with Gasteiger partial charge in [0.05, 0.1) is 94.2 Å². The van der Waals surface area contributed by atoms with Gasteiger partial charge in [-0.05, 0) is 167 Å². The summed E-state index contributed by atoms with van der Waals surface area (Å²) in [5.41, 5.74) is 3.78. The highest BCUT2D eigenvalue weighted by atomic mass is 32.2. The molecule has 1 aliphatic carbocycles. The Morgan fingerprint density at radius 2 is 0.979 bits per heavy atom. The van der Waals surface area contributed by atoms with Crippen LogP contribution in [0.15, 0.2) is 163 Å². The molecule has 0 heterocycles. The number of carbonyl (C=O) groups is 1. The fraction of sp³-hybridized carbons (Fsp3) is 0.293. The molecule has 1 unspecified atom stereocenters. The number of hydrogen-bond acceptors (Lipinski definition) is 25. The zero-order chi connectivity index (χ0) is 71.8. The van der Waals surface area contributed by atoms with Gasteiger partial charge >= 0.3 is 6.03 Å². The topological polar surface area (TPSA) is 503 Å². The lowest BCUT2D eigenvalue weighted by atomic mass is 9.93. The van der Waals surface area contributed by atoms with Crippen LogP contribution in [-0.2, 0) is 60.7 Å². The fourth-order valence-electron chi connectivity index (χ4n) is 9.15. The molecule has 1 aliphatic rings. The molecule has 0 fully saturated rings. The first kappa shape index (κ1) is 75.5. The van der Waals surface area contributed by atoms with E-state index in [0.717, 1.165) is 19.1 Å². The van der Waals surface area contributed by atoms with Crippen LogP contribution in [0.5, 0.6) is 23.0 Å². The lowest BCUT2D eigenvalue weighted by Crippen LogP contribution is -2.21. The second kappa shape index (κ2) is 30.7. The standard InChI is InChI=1S/C58H64N10O23S6/c1-32-19-49(55(90-15-9-17-92(70,71)72)30-47(32)65-67-51-21-34(3)45(28-53(51)88-7)63-61-40-13-11-38(23-36(5)94(76,77)78)43(25-40)37(6)95(79,80)81)59-58(69)60-50-20-33(2)48(31-56(50)91-16-10-18-93(73,74)75)66-68-52-22-35(4)46(29-54(52)89-8)64-62-41-14-12-39-24-42(96(82,83)84)27-57(44(39)26-41)97(85,86)87/h12,14,19-31,37H,9-11,13,15-18H2,1-8H3,(H2,59,60,69)(H,70,71,72)(H,73,74,75)(H,76,77,78)(H,79,80,81)(H,82,83,84)(H,85,86,87). The first-order valence-electron chi connectivity index (χ1n) is 28.3. The number of methoxy groups -OCH3 is 2. The van der Waals surface area contributed by atoms with Crippen LogP contribution in [0.2, 0.25) is 0 Å². The van der Waals surface area contributed by atoms with Crippen LogP contribution in [0.1, 0.15) is 61.8 Å². The van der Waals surface area contributed by atoms with Crippen LogP contribution in [-0.4, -0.2) is 128 Å². The third kappa shape index (κ3) is 21.1. The summed E-state index contributed by atoms with van der Waals surface area (Å²) in [5.74, 6) is -1.12. The first-order chi connectivity index (χ1) is 45.1. The number of benzene rings is 6. The van der Waals surface area contributed by atoms with Gasteiger partial charge in [-0.15, -0.1) is 10.2 Å². The molecule has 0 aromatic heterocycles. The third-order valence-electron chi connectivity index (χ3n) is 14.2. The zero-order valence-corrected chi connectivity index (χ0v) is 57.4. The maximum atomic E-state index is 14.0. The fourth-order valence-corrected chi connectivity index (χ4v) is 12.3. The first-order valence-corrected chi connectivity index (χ1v) is 37.3. The van der Waals surface area contributed by atoms with Crippen molar-refractivity contribution in [2.45, 2.75) is 82.3 Å². The second-order valence-electron chi connectivity index (χ2n) is 21.5. The number of nitrogens with zero attached hydrogens (tertiary/aromatic N) is 8. The molecule has 8 N–H and O–H groups in total. The van der Waals surface area contributed by atoms with Gasteiger partial charge in [0.2, 0.25) is 0 Å². The number of aryl methyl sites for hydroxylation is 4. The summed E-state index contributed by atoms with van der Waals surface area (Å²) < 4.78 is 223. The highest BCUT2D eigenvalue weighted by molar-refractivity contribution is 7.89. The van der Waals surface area contributed by atoms with Gasteiger partial charge in [-0.25, -0.2) is 4.79 Å². The molecule has 0 aliphatic heterocycles. The molecule has 0 spiro atoms. The van der Waals surface area contributed by atoms with Crippen molar-refractivity contribution < 1.29 is 102 Å². The van der Waals surface area contributed by atoms with Gasteiger partial charge in [-0.1, -0.05) is 6.07 Å². The minimum Gasteiger partial charge on any atom is -0.494 e. The van der Waals surface area contributed by atoms with Gasteiger partial charge < -0.3 is 29.6 Å². The van der Waals surface area contributed by atoms with Gasteiger partial charge in [0, 0.05) is 29.7 Å². The Balaban J connectivity index is 1.15. The number of amides is 2. The predicted octanol–water partition coefficient (Wildman–Crippen LogP) is 12.9. The smallest absolute Gasteiger partial charge is 0.323 e. The maximum absolute atomic E-state index is 14.0. The van der Waals surface area contributed by atoms with E-state index in [1.807, 2.05) is 0 Å². The van der Waals surface area contributed by atoms with Crippen molar-refractivity contribution in [1.29, 1.82) is 0 Å². The van der Waals surface area contributed by atoms with Gasteiger partial charge in [0.1, 0.15) is 44.5 Å². The number of urea groups is 1. The van der Waals surface area contributed by atoms with E-state index in [1.165, 1.54) is 81.8 Å². The number of azo groups is 4. The number of fused-ring (bicyclic) bond motifs is 1. The molecule has 97 heavy (non-hydrogen) atoms. The Labute approximate surface area is 557 Å². The second-order valence-corrected chi connectivity index (χ2v) is 30.8. The van der Waals surface area contributed by atoms with Gasteiger partial charge in [0.15, 0.2) is 0 Å². The summed E-state index contributed by atoms with van der Waals surface area (Å²) >= 11 is 0. The van der Waals surface area contributed by atoms with Crippen molar-refractivity contribution in [1.82, 2.24) is 0 Å². The Morgan fingerprint density at radius 3 is 1.41 bits per heavy atom. The number of hydrogen-bond donors (Lipinski definition) is 8. The van der Waals surface area contributed by atoms with E-state index in [0.29, 0.717) is 28.3 Å². The van der Waals surface area contributed by atoms with Crippen LogP contribution < -0.4 is 29.6 Å². The number of anilines is 2. The van der Waals surface area contributed by atoms with Crippen LogP contribution >= 0.6 is 0 Å². The zero-order valence-electron chi connectivity index (χ0n) is 52.5. The average Bonchev–Trinajstić information content (AvgIpc) is 0.778. The highest BCUT2D eigenvalue weighted by Crippen LogP contribution is 2.42. The summed E-state index contributed by atoms with van der Waals surface area (Å²) in [6.07, 6.45) is 2.32. The average molecular weight is 1460 g/mol. The Hall–Kier alpha value is -8.87. The Kier molecular flexibility index (Phi) is 23.9. The Morgan fingerprint density at radius 1 is 0.536 bits per heavy atom. The molecule has 6 aromatic carbocycles. The molecular formula is C58H64N10O23S6. The van der Waals surface area contributed by atoms with E-state index in [2.05, 4.69) is 51.5 Å². The van der Waals surface area contributed by atoms with Crippen LogP contribution in [0, 0.1) is 27.7 Å². The van der Waals surface area contributed by atoms with Crippen molar-refractivity contribution in [2.24, 2.45) is 40.9 Å². The van der Waals surface area contributed by atoms with Crippen LogP contribution in [0.4, 0.5) is 56.0 Å². The van der Waals surface area contributed by atoms with Gasteiger partial charge in [-0.2, -0.15) is 81.2 Å². The maximum Gasteiger partial charge on any atom is 0.323 e. The van der Waals surface area contributed by atoms with E-state index in [4.69, 9.17) is 18.9 Å². The van der Waals surface area contributed by atoms with E-state index in [1.54, 1.807) is 39.8 Å². The van der Waals surface area contributed by atoms with Gasteiger partial charge in [-0.3, -0.25) is 27.3 Å². The molecule has 0 bridgehead atoms. The number of ether oxygens (including phenoxy) is 4. The van der Waals surface area contributed by atoms with E-state index in [-0.39, 0.29) is 141 Å². The molecule has 6 aromatic rings. The molecule has 0 saturated heterocycles. The van der Waals surface area contributed by atoms with Crippen molar-refractivity contribution >= 4 is 129 Å². The third-order valence-corrected chi connectivity index (χ3v) is 19.7. The van der Waals surface area contributed by atoms with E-state index in [9.17, 15) is 82.6 Å². The number of rotatable bonds is 28. The number of carbonyl (C=O) groups excluding carboxylic acids is 1. The number of nitrogens with one attached hydrogen (secondary N) is 2. The molecule has 33 nitrogen and oxygen atoms in total. The molecule has 7 rings (SSSR count). The molecule has 520 valence electrons. The van der Waals surface area contributed by atoms with E-state index < -0.39 is 98.2 Å². The van der Waals surface area contributed by atoms with Crippen molar-refractivity contribution in [3.8, 4) is 23.0 Å². The lowest BCUT2D eigenvalue weighted by molar-refractivity contribution is 0.261. The van der Waals surface area contributed by atoms with E-state index >= 15 is 0 Å². The van der Waals surface area contributed by atoms with Crippen molar-refractivity contribution in [3.05, 3.63) is 135 Å². The molecule has 2 amide bonds. The van der Waals surface area contributed by atoms with Crippen LogP contribution in [0.25, 0.3) is 10.8 Å². The van der Waals surface area contributed by atoms with Crippen LogP contribution in [0.3, 0.4) is 0 Å². The SMILES string of the molecule is COc1cc(N=NC2=CC(C(C)S(=O)(=O)O)=C(C=C(C)S(=O)(=O)O)CC2)c(C)cc1N=Nc1cc(OCCCS(=O)(=O)O)c(NC(=O)Nc2cc(C)c(N=Nc3cc(C)c(N=Nc4ccc5cc(S(=O)(=O)O)cc(S(=O)(=O)O)c5c4)cc3OC)cc2OCCCS(=O)(=O)O)cc1C. The molecule has 1 atom stereocenters. The summed E-state index contributed by atoms with van der Waals surface area (Å²) in [6.45, 7) is 8.33. The minimum atomic E-state index is -5.00. The molecular weight excluding hydrogens is 1400 g/mol. The monoisotopic (exact) mass is 1460 g/mol. The van der Waals surface area contributed by atoms with Crippen molar-refractivity contribution in [3.63, 3.8) is 0 Å². The highest BCUT2D eigenvalue weighted by Gasteiger charge is 2.28. The minimum absolute atomic E-state index is 0.0300. The summed E-state index contributed by atoms with van der Waals surface area (Å²) in [6, 6.07) is 16.5. The molecule has 0 radical (unpaired) electrons. The van der Waals surface area contributed by atoms with Gasteiger partial charge in [0.25, 0.3) is 60.7 Å². The largest absolute Gasteiger partial charge is 0.494 e. The summed E-state index contributed by atoms with van der Waals surface area (Å²) in [4.78, 5) is 12.0.